The first-order valence-corrected chi connectivity index (χ1v) is 11.5. The number of halogens is 2. The first-order chi connectivity index (χ1) is 14.7. The minimum Gasteiger partial charge on any atom is -0.484 e. The average Bonchev–Trinajstić information content (AvgIpc) is 2.75. The van der Waals surface area contributed by atoms with Crippen LogP contribution in [0.5, 0.6) is 5.75 Å². The molecule has 1 atom stereocenters. The summed E-state index contributed by atoms with van der Waals surface area (Å²) >= 11 is 11.8. The van der Waals surface area contributed by atoms with Crippen LogP contribution in [0.2, 0.25) is 10.0 Å². The van der Waals surface area contributed by atoms with Gasteiger partial charge in [-0.25, -0.2) is 13.1 Å². The first-order valence-electron chi connectivity index (χ1n) is 9.29. The molecule has 0 saturated carbocycles. The predicted molar refractivity (Wildman–Crippen MR) is 122 cm³/mol. The second-order valence-corrected chi connectivity index (χ2v) is 9.22. The molecule has 0 saturated heterocycles. The second kappa shape index (κ2) is 10.2. The number of ether oxygens (including phenoxy) is 1. The van der Waals surface area contributed by atoms with Gasteiger partial charge >= 0.3 is 0 Å². The number of carbonyl (C=O) groups is 1. The summed E-state index contributed by atoms with van der Waals surface area (Å²) < 4.78 is 33.3. The molecule has 2 N–H and O–H groups in total. The van der Waals surface area contributed by atoms with Crippen LogP contribution in [0.25, 0.3) is 0 Å². The fourth-order valence-electron chi connectivity index (χ4n) is 2.75. The van der Waals surface area contributed by atoms with Crippen LogP contribution >= 0.6 is 23.2 Å². The van der Waals surface area contributed by atoms with Crippen LogP contribution in [-0.2, 0) is 14.8 Å². The van der Waals surface area contributed by atoms with E-state index in [9.17, 15) is 13.2 Å². The van der Waals surface area contributed by atoms with Gasteiger partial charge in [-0.05, 0) is 55.0 Å². The SMILES string of the molecule is CC(NS(=O)(=O)c1ccc(OCC(=O)Nc2ccc(Cl)c(Cl)c2)cc1)c1ccccc1. The number of hydrogen-bond donors (Lipinski definition) is 2. The van der Waals surface area contributed by atoms with Gasteiger partial charge in [0.25, 0.3) is 5.91 Å². The number of amides is 1. The lowest BCUT2D eigenvalue weighted by Crippen LogP contribution is -2.26. The molecule has 0 aromatic heterocycles. The molecule has 3 aromatic rings. The molecule has 0 bridgehead atoms. The van der Waals surface area contributed by atoms with Crippen LogP contribution in [-0.4, -0.2) is 20.9 Å². The lowest BCUT2D eigenvalue weighted by Gasteiger charge is -2.15. The molecule has 0 radical (unpaired) electrons. The lowest BCUT2D eigenvalue weighted by molar-refractivity contribution is -0.118. The van der Waals surface area contributed by atoms with Crippen molar-refractivity contribution in [1.29, 1.82) is 0 Å². The minimum atomic E-state index is -3.71. The van der Waals surface area contributed by atoms with E-state index in [1.807, 2.05) is 30.3 Å². The summed E-state index contributed by atoms with van der Waals surface area (Å²) in [7, 11) is -3.71. The summed E-state index contributed by atoms with van der Waals surface area (Å²) in [5.74, 6) is -0.0345. The third-order valence-electron chi connectivity index (χ3n) is 4.34. The quantitative estimate of drug-likeness (QED) is 0.474. The van der Waals surface area contributed by atoms with E-state index in [2.05, 4.69) is 10.0 Å². The molecular formula is C22H20Cl2N2O4S. The van der Waals surface area contributed by atoms with Gasteiger partial charge in [0.15, 0.2) is 6.61 Å². The van der Waals surface area contributed by atoms with E-state index in [0.717, 1.165) is 5.56 Å². The number of anilines is 1. The molecule has 3 rings (SSSR count). The zero-order valence-electron chi connectivity index (χ0n) is 16.5. The summed E-state index contributed by atoms with van der Waals surface area (Å²) in [6.07, 6.45) is 0. The largest absolute Gasteiger partial charge is 0.484 e. The van der Waals surface area contributed by atoms with Gasteiger partial charge in [0, 0.05) is 11.7 Å². The molecule has 0 aliphatic heterocycles. The van der Waals surface area contributed by atoms with Crippen LogP contribution in [0.3, 0.4) is 0 Å². The fraction of sp³-hybridized carbons (Fsp3) is 0.136. The first kappa shape index (κ1) is 23.1. The smallest absolute Gasteiger partial charge is 0.262 e. The third-order valence-corrected chi connectivity index (χ3v) is 6.63. The fourth-order valence-corrected chi connectivity index (χ4v) is 4.28. The zero-order chi connectivity index (χ0) is 22.4. The molecule has 1 unspecified atom stereocenters. The standard InChI is InChI=1S/C22H20Cl2N2O4S/c1-15(16-5-3-2-4-6-16)26-31(28,29)19-10-8-18(9-11-19)30-14-22(27)25-17-7-12-20(23)21(24)13-17/h2-13,15,26H,14H2,1H3,(H,25,27). The highest BCUT2D eigenvalue weighted by molar-refractivity contribution is 7.89. The molecule has 1 amide bonds. The van der Waals surface area contributed by atoms with Gasteiger partial charge in [-0.1, -0.05) is 53.5 Å². The Balaban J connectivity index is 1.56. The molecule has 0 fully saturated rings. The van der Waals surface area contributed by atoms with Crippen molar-refractivity contribution in [2.24, 2.45) is 0 Å². The van der Waals surface area contributed by atoms with Crippen LogP contribution < -0.4 is 14.8 Å². The summed E-state index contributed by atoms with van der Waals surface area (Å²) in [6, 6.07) is 19.5. The van der Waals surface area contributed by atoms with Crippen molar-refractivity contribution in [2.45, 2.75) is 17.9 Å². The summed E-state index contributed by atoms with van der Waals surface area (Å²) in [5, 5.41) is 3.35. The Hall–Kier alpha value is -2.58. The molecule has 6 nitrogen and oxygen atoms in total. The van der Waals surface area contributed by atoms with Gasteiger partial charge in [0.1, 0.15) is 5.75 Å². The molecule has 0 aliphatic carbocycles. The second-order valence-electron chi connectivity index (χ2n) is 6.69. The molecule has 162 valence electrons. The van der Waals surface area contributed by atoms with E-state index in [4.69, 9.17) is 27.9 Å². The van der Waals surface area contributed by atoms with E-state index in [1.165, 1.54) is 30.3 Å². The van der Waals surface area contributed by atoms with E-state index in [1.54, 1.807) is 19.1 Å². The number of nitrogens with one attached hydrogen (secondary N) is 2. The van der Waals surface area contributed by atoms with Crippen LogP contribution in [0.1, 0.15) is 18.5 Å². The molecule has 0 spiro atoms. The molecule has 3 aromatic carbocycles. The van der Waals surface area contributed by atoms with Crippen molar-refractivity contribution < 1.29 is 17.9 Å². The summed E-state index contributed by atoms with van der Waals surface area (Å²) in [5.41, 5.74) is 1.35. The normalized spacial score (nSPS) is 12.2. The Labute approximate surface area is 191 Å². The Morgan fingerprint density at radius 1 is 0.968 bits per heavy atom. The zero-order valence-corrected chi connectivity index (χ0v) is 18.8. The van der Waals surface area contributed by atoms with Gasteiger partial charge in [-0.15, -0.1) is 0 Å². The van der Waals surface area contributed by atoms with Crippen molar-refractivity contribution in [1.82, 2.24) is 4.72 Å². The van der Waals surface area contributed by atoms with E-state index in [-0.39, 0.29) is 17.5 Å². The van der Waals surface area contributed by atoms with Crippen molar-refractivity contribution in [3.05, 3.63) is 88.4 Å². The number of rotatable bonds is 8. The highest BCUT2D eigenvalue weighted by Crippen LogP contribution is 2.25. The van der Waals surface area contributed by atoms with Gasteiger partial charge in [0.2, 0.25) is 10.0 Å². The maximum absolute atomic E-state index is 12.6. The predicted octanol–water partition coefficient (Wildman–Crippen LogP) is 5.05. The summed E-state index contributed by atoms with van der Waals surface area (Å²) in [4.78, 5) is 12.1. The molecule has 31 heavy (non-hydrogen) atoms. The number of benzene rings is 3. The molecular weight excluding hydrogens is 459 g/mol. The third kappa shape index (κ3) is 6.45. The Bertz CT molecular complexity index is 1150. The molecule has 0 heterocycles. The Morgan fingerprint density at radius 2 is 1.65 bits per heavy atom. The lowest BCUT2D eigenvalue weighted by atomic mass is 10.1. The van der Waals surface area contributed by atoms with E-state index in [0.29, 0.717) is 21.5 Å². The topological polar surface area (TPSA) is 84.5 Å². The summed E-state index contributed by atoms with van der Waals surface area (Å²) in [6.45, 7) is 1.52. The van der Waals surface area contributed by atoms with Gasteiger partial charge in [-0.2, -0.15) is 0 Å². The number of sulfonamides is 1. The molecule has 0 aliphatic rings. The monoisotopic (exact) mass is 478 g/mol. The van der Waals surface area contributed by atoms with Gasteiger partial charge in [-0.3, -0.25) is 4.79 Å². The number of hydrogen-bond acceptors (Lipinski definition) is 4. The van der Waals surface area contributed by atoms with Crippen LogP contribution in [0.15, 0.2) is 77.7 Å². The Morgan fingerprint density at radius 3 is 2.29 bits per heavy atom. The van der Waals surface area contributed by atoms with Crippen molar-refractivity contribution in [3.8, 4) is 5.75 Å². The van der Waals surface area contributed by atoms with Crippen molar-refractivity contribution in [3.63, 3.8) is 0 Å². The average molecular weight is 479 g/mol. The molecule has 9 heteroatoms. The van der Waals surface area contributed by atoms with Gasteiger partial charge < -0.3 is 10.1 Å². The van der Waals surface area contributed by atoms with Crippen molar-refractivity contribution in [2.75, 3.05) is 11.9 Å². The van der Waals surface area contributed by atoms with E-state index < -0.39 is 15.9 Å². The van der Waals surface area contributed by atoms with E-state index >= 15 is 0 Å². The highest BCUT2D eigenvalue weighted by Gasteiger charge is 2.18. The Kier molecular flexibility index (Phi) is 7.56. The number of carbonyl (C=O) groups excluding carboxylic acids is 1. The maximum Gasteiger partial charge on any atom is 0.262 e. The van der Waals surface area contributed by atoms with Crippen molar-refractivity contribution >= 4 is 44.8 Å². The van der Waals surface area contributed by atoms with Gasteiger partial charge in [0.05, 0.1) is 14.9 Å². The van der Waals surface area contributed by atoms with Crippen LogP contribution in [0.4, 0.5) is 5.69 Å². The minimum absolute atomic E-state index is 0.0999. The maximum atomic E-state index is 12.6. The highest BCUT2D eigenvalue weighted by atomic mass is 35.5. The van der Waals surface area contributed by atoms with Crippen LogP contribution in [0, 0.1) is 0 Å².